The molecule has 0 atom stereocenters. The maximum Gasteiger partial charge on any atom is 0.416 e. The van der Waals surface area contributed by atoms with Crippen LogP contribution in [0.2, 0.25) is 0 Å². The highest BCUT2D eigenvalue weighted by Gasteiger charge is 2.31. The van der Waals surface area contributed by atoms with Crippen molar-refractivity contribution in [3.8, 4) is 0 Å². The number of carbonyl (C=O) groups is 1. The fourth-order valence-electron chi connectivity index (χ4n) is 3.15. The van der Waals surface area contributed by atoms with Gasteiger partial charge in [-0.15, -0.1) is 0 Å². The van der Waals surface area contributed by atoms with Gasteiger partial charge in [0.25, 0.3) is 0 Å². The van der Waals surface area contributed by atoms with Gasteiger partial charge in [0.1, 0.15) is 5.82 Å². The van der Waals surface area contributed by atoms with Gasteiger partial charge in [-0.2, -0.15) is 18.3 Å². The number of anilines is 1. The molecule has 5 nitrogen and oxygen atoms in total. The molecule has 0 unspecified atom stereocenters. The Morgan fingerprint density at radius 2 is 2.03 bits per heavy atom. The van der Waals surface area contributed by atoms with Gasteiger partial charge in [0, 0.05) is 43.6 Å². The van der Waals surface area contributed by atoms with Gasteiger partial charge in [-0.25, -0.2) is 9.40 Å². The van der Waals surface area contributed by atoms with Gasteiger partial charge in [0.15, 0.2) is 0 Å². The zero-order valence-electron chi connectivity index (χ0n) is 15.6. The van der Waals surface area contributed by atoms with E-state index in [1.54, 1.807) is 19.1 Å². The number of hydrogen-bond acceptors (Lipinski definition) is 4. The zero-order chi connectivity index (χ0) is 21.2. The van der Waals surface area contributed by atoms with E-state index in [-0.39, 0.29) is 17.9 Å². The SMILES string of the molecule is C=NN(C1=C(C)C(=O)NCC1)c1ccnc(Cc2cc(F)cc(C(F)(F)F)c2)c1. The molecule has 152 valence electrons. The fourth-order valence-corrected chi connectivity index (χ4v) is 3.15. The normalized spacial score (nSPS) is 14.6. The molecule has 1 aromatic heterocycles. The van der Waals surface area contributed by atoms with E-state index >= 15 is 0 Å². The zero-order valence-corrected chi connectivity index (χ0v) is 15.6. The first-order chi connectivity index (χ1) is 13.7. The Kier molecular flexibility index (Phi) is 5.67. The first-order valence-corrected chi connectivity index (χ1v) is 8.75. The van der Waals surface area contributed by atoms with Crippen molar-refractivity contribution in [1.82, 2.24) is 10.3 Å². The first kappa shape index (κ1) is 20.5. The van der Waals surface area contributed by atoms with Gasteiger partial charge in [-0.3, -0.25) is 9.78 Å². The second-order valence-corrected chi connectivity index (χ2v) is 6.56. The third-order valence-corrected chi connectivity index (χ3v) is 4.53. The summed E-state index contributed by atoms with van der Waals surface area (Å²) in [5.41, 5.74) is 1.25. The van der Waals surface area contributed by atoms with Crippen LogP contribution in [-0.4, -0.2) is 24.2 Å². The molecule has 0 bridgehead atoms. The molecular formula is C20H18F4N4O. The quantitative estimate of drug-likeness (QED) is 0.463. The predicted octanol–water partition coefficient (Wildman–Crippen LogP) is 4.05. The van der Waals surface area contributed by atoms with E-state index in [9.17, 15) is 22.4 Å². The number of amides is 1. The van der Waals surface area contributed by atoms with E-state index in [4.69, 9.17) is 0 Å². The van der Waals surface area contributed by atoms with Gasteiger partial charge < -0.3 is 5.32 Å². The molecule has 0 saturated carbocycles. The van der Waals surface area contributed by atoms with Gasteiger partial charge in [-0.05, 0) is 42.8 Å². The molecule has 3 rings (SSSR count). The molecule has 0 fully saturated rings. The van der Waals surface area contributed by atoms with Gasteiger partial charge in [-0.1, -0.05) is 0 Å². The number of pyridine rings is 1. The number of rotatable bonds is 5. The molecule has 1 aromatic carbocycles. The number of benzene rings is 1. The maximum atomic E-state index is 13.6. The standard InChI is InChI=1S/C20H18F4N4O/c1-12-18(4-6-27-19(12)29)28(25-2)17-3-5-26-16(11-17)9-13-7-14(20(22,23)24)10-15(21)8-13/h3,5,7-8,10-11H,2,4,6,9H2,1H3,(H,27,29). The van der Waals surface area contributed by atoms with E-state index < -0.39 is 17.6 Å². The largest absolute Gasteiger partial charge is 0.416 e. The average Bonchev–Trinajstić information content (AvgIpc) is 2.65. The van der Waals surface area contributed by atoms with Crippen LogP contribution in [0.25, 0.3) is 0 Å². The summed E-state index contributed by atoms with van der Waals surface area (Å²) >= 11 is 0. The molecule has 9 heteroatoms. The van der Waals surface area contributed by atoms with Gasteiger partial charge in [0.05, 0.1) is 16.9 Å². The number of hydrazone groups is 1. The average molecular weight is 406 g/mol. The summed E-state index contributed by atoms with van der Waals surface area (Å²) in [6.07, 6.45) is -2.61. The molecule has 2 heterocycles. The van der Waals surface area contributed by atoms with E-state index in [0.29, 0.717) is 41.7 Å². The third kappa shape index (κ3) is 4.61. The number of aromatic nitrogens is 1. The second kappa shape index (κ2) is 8.02. The molecule has 1 N–H and O–H groups in total. The van der Waals surface area contributed by atoms with Crippen LogP contribution in [0.1, 0.15) is 30.2 Å². The lowest BCUT2D eigenvalue weighted by Crippen LogP contribution is -2.35. The van der Waals surface area contributed by atoms with Crippen molar-refractivity contribution < 1.29 is 22.4 Å². The molecule has 1 aliphatic rings. The molecule has 1 aliphatic heterocycles. The van der Waals surface area contributed by atoms with Crippen LogP contribution in [0.5, 0.6) is 0 Å². The highest BCUT2D eigenvalue weighted by molar-refractivity contribution is 5.95. The molecule has 29 heavy (non-hydrogen) atoms. The lowest BCUT2D eigenvalue weighted by atomic mass is 10.0. The van der Waals surface area contributed by atoms with Crippen LogP contribution in [0.3, 0.4) is 0 Å². The summed E-state index contributed by atoms with van der Waals surface area (Å²) in [5.74, 6) is -1.16. The number of nitrogens with one attached hydrogen (secondary N) is 1. The molecular weight excluding hydrogens is 388 g/mol. The first-order valence-electron chi connectivity index (χ1n) is 8.75. The summed E-state index contributed by atoms with van der Waals surface area (Å²) < 4.78 is 52.4. The highest BCUT2D eigenvalue weighted by Crippen LogP contribution is 2.31. The minimum absolute atomic E-state index is 0.00181. The van der Waals surface area contributed by atoms with Crippen molar-refractivity contribution in [2.45, 2.75) is 25.9 Å². The Hall–Kier alpha value is -3.23. The van der Waals surface area contributed by atoms with Crippen molar-refractivity contribution in [2.75, 3.05) is 11.6 Å². The lowest BCUT2D eigenvalue weighted by Gasteiger charge is -2.27. The van der Waals surface area contributed by atoms with Crippen LogP contribution in [0.4, 0.5) is 23.2 Å². The molecule has 1 amide bonds. The van der Waals surface area contributed by atoms with E-state index in [2.05, 4.69) is 22.1 Å². The highest BCUT2D eigenvalue weighted by atomic mass is 19.4. The van der Waals surface area contributed by atoms with E-state index in [0.717, 1.165) is 12.1 Å². The summed E-state index contributed by atoms with van der Waals surface area (Å²) in [4.78, 5) is 16.1. The van der Waals surface area contributed by atoms with Gasteiger partial charge >= 0.3 is 6.18 Å². The Morgan fingerprint density at radius 1 is 1.28 bits per heavy atom. The Morgan fingerprint density at radius 3 is 2.72 bits per heavy atom. The number of hydrogen-bond donors (Lipinski definition) is 1. The molecule has 0 spiro atoms. The Labute approximate surface area is 164 Å². The van der Waals surface area contributed by atoms with Crippen LogP contribution in [0, 0.1) is 5.82 Å². The molecule has 0 aliphatic carbocycles. The Balaban J connectivity index is 1.92. The number of halogens is 4. The van der Waals surface area contributed by atoms with Crippen molar-refractivity contribution in [3.05, 3.63) is 70.4 Å². The van der Waals surface area contributed by atoms with Crippen molar-refractivity contribution in [1.29, 1.82) is 0 Å². The topological polar surface area (TPSA) is 57.6 Å². The lowest BCUT2D eigenvalue weighted by molar-refractivity contribution is -0.137. The minimum atomic E-state index is -4.64. The van der Waals surface area contributed by atoms with Crippen molar-refractivity contribution >= 4 is 18.3 Å². The third-order valence-electron chi connectivity index (χ3n) is 4.53. The second-order valence-electron chi connectivity index (χ2n) is 6.56. The van der Waals surface area contributed by atoms with Crippen LogP contribution < -0.4 is 10.3 Å². The molecule has 0 radical (unpaired) electrons. The summed E-state index contributed by atoms with van der Waals surface area (Å²) in [6, 6.07) is 5.68. The van der Waals surface area contributed by atoms with Crippen LogP contribution in [0.15, 0.2) is 52.9 Å². The fraction of sp³-hybridized carbons (Fsp3) is 0.250. The summed E-state index contributed by atoms with van der Waals surface area (Å²) in [7, 11) is 0. The van der Waals surface area contributed by atoms with Crippen molar-refractivity contribution in [3.63, 3.8) is 0 Å². The van der Waals surface area contributed by atoms with E-state index in [1.165, 1.54) is 11.2 Å². The molecule has 0 saturated heterocycles. The Bertz CT molecular complexity index is 985. The van der Waals surface area contributed by atoms with Crippen molar-refractivity contribution in [2.24, 2.45) is 5.10 Å². The summed E-state index contributed by atoms with van der Waals surface area (Å²) in [6.45, 7) is 5.68. The van der Waals surface area contributed by atoms with Crippen LogP contribution in [-0.2, 0) is 17.4 Å². The van der Waals surface area contributed by atoms with Crippen LogP contribution >= 0.6 is 0 Å². The monoisotopic (exact) mass is 406 g/mol. The van der Waals surface area contributed by atoms with E-state index in [1.807, 2.05) is 0 Å². The predicted molar refractivity (Wildman–Crippen MR) is 101 cm³/mol. The number of carbonyl (C=O) groups excluding carboxylic acids is 1. The number of alkyl halides is 3. The summed E-state index contributed by atoms with van der Waals surface area (Å²) in [5, 5.41) is 8.22. The maximum absolute atomic E-state index is 13.6. The minimum Gasteiger partial charge on any atom is -0.352 e. The smallest absolute Gasteiger partial charge is 0.352 e. The molecule has 2 aromatic rings. The number of nitrogens with zero attached hydrogens (tertiary/aromatic N) is 3. The van der Waals surface area contributed by atoms with Gasteiger partial charge in [0.2, 0.25) is 5.91 Å².